The Kier molecular flexibility index (Phi) is 4.23. The Morgan fingerprint density at radius 3 is 2.29 bits per heavy atom. The molecule has 3 nitrogen and oxygen atoms in total. The van der Waals surface area contributed by atoms with Gasteiger partial charge in [0.05, 0.1) is 0 Å². The van der Waals surface area contributed by atoms with Crippen molar-refractivity contribution in [3.05, 3.63) is 12.3 Å². The molecule has 0 spiro atoms. The number of hydrogen-bond acceptors (Lipinski definition) is 1. The molecule has 0 unspecified atom stereocenters. The molecule has 1 fully saturated rings. The van der Waals surface area contributed by atoms with Crippen LogP contribution >= 0.6 is 0 Å². The molecule has 0 saturated heterocycles. The molecule has 0 heterocycles. The molecule has 1 saturated carbocycles. The Balaban J connectivity index is 2.32. The summed E-state index contributed by atoms with van der Waals surface area (Å²) in [6.45, 7) is 10.7. The summed E-state index contributed by atoms with van der Waals surface area (Å²) in [6, 6.07) is -0.115. The highest BCUT2D eigenvalue weighted by atomic mass is 16.2. The lowest BCUT2D eigenvalue weighted by molar-refractivity contribution is 0.213. The zero-order valence-corrected chi connectivity index (χ0v) is 11.8. The molecule has 2 N–H and O–H groups in total. The van der Waals surface area contributed by atoms with Crippen LogP contribution in [0.25, 0.3) is 0 Å². The second kappa shape index (κ2) is 5.11. The highest BCUT2D eigenvalue weighted by Gasteiger charge is 2.26. The van der Waals surface area contributed by atoms with Crippen molar-refractivity contribution in [1.82, 2.24) is 10.6 Å². The van der Waals surface area contributed by atoms with Crippen LogP contribution in [0, 0.1) is 11.3 Å². The van der Waals surface area contributed by atoms with Crippen LogP contribution in [0.4, 0.5) is 4.79 Å². The van der Waals surface area contributed by atoms with Crippen LogP contribution < -0.4 is 10.6 Å². The van der Waals surface area contributed by atoms with Crippen molar-refractivity contribution in [2.45, 2.75) is 59.4 Å². The maximum absolute atomic E-state index is 11.7. The number of carbonyl (C=O) groups is 1. The lowest BCUT2D eigenvalue weighted by atomic mass is 9.82. The fraction of sp³-hybridized carbons (Fsp3) is 0.786. The predicted octanol–water partition coefficient (Wildman–Crippen LogP) is 3.42. The van der Waals surface area contributed by atoms with E-state index in [-0.39, 0.29) is 17.0 Å². The van der Waals surface area contributed by atoms with Crippen LogP contribution in [-0.4, -0.2) is 11.6 Å². The first-order valence-electron chi connectivity index (χ1n) is 6.43. The summed E-state index contributed by atoms with van der Waals surface area (Å²) in [5.74, 6) is 0.692. The van der Waals surface area contributed by atoms with Crippen molar-refractivity contribution in [3.8, 4) is 0 Å². The summed E-state index contributed by atoms with van der Waals surface area (Å²) in [6.07, 6.45) is 7.29. The number of nitrogens with one attached hydrogen (secondary N) is 2. The predicted molar refractivity (Wildman–Crippen MR) is 71.7 cm³/mol. The maximum atomic E-state index is 11.7. The van der Waals surface area contributed by atoms with E-state index in [0.29, 0.717) is 5.92 Å². The average Bonchev–Trinajstić information content (AvgIpc) is 2.81. The third-order valence-corrected chi connectivity index (χ3v) is 2.63. The van der Waals surface area contributed by atoms with Gasteiger partial charge in [-0.3, -0.25) is 0 Å². The van der Waals surface area contributed by atoms with E-state index in [2.05, 4.69) is 51.3 Å². The van der Waals surface area contributed by atoms with Crippen molar-refractivity contribution in [3.63, 3.8) is 0 Å². The summed E-state index contributed by atoms with van der Waals surface area (Å²) in [4.78, 5) is 11.7. The van der Waals surface area contributed by atoms with Crippen molar-refractivity contribution in [2.75, 3.05) is 0 Å². The Hall–Kier alpha value is -0.990. The van der Waals surface area contributed by atoms with Gasteiger partial charge in [0.15, 0.2) is 0 Å². The number of amides is 2. The van der Waals surface area contributed by atoms with Crippen LogP contribution in [0.3, 0.4) is 0 Å². The molecule has 98 valence electrons. The monoisotopic (exact) mass is 238 g/mol. The first kappa shape index (κ1) is 14.1. The molecule has 0 bridgehead atoms. The van der Waals surface area contributed by atoms with E-state index < -0.39 is 0 Å². The van der Waals surface area contributed by atoms with Gasteiger partial charge in [0.2, 0.25) is 0 Å². The standard InChI is InChI=1S/C14H26N2O/c1-13(2,3)10-14(4,5)16-12(17)15-9-8-11-6-7-11/h8-9,11H,6-7,10H2,1-5H3,(H2,15,16,17)/b9-8+. The molecule has 2 amide bonds. The van der Waals surface area contributed by atoms with E-state index in [1.54, 1.807) is 6.20 Å². The molecule has 3 heteroatoms. The highest BCUT2D eigenvalue weighted by Crippen LogP contribution is 2.29. The number of urea groups is 1. The Bertz CT molecular complexity index is 296. The van der Waals surface area contributed by atoms with Crippen LogP contribution in [-0.2, 0) is 0 Å². The Labute approximate surface area is 105 Å². The molecule has 17 heavy (non-hydrogen) atoms. The first-order valence-corrected chi connectivity index (χ1v) is 6.43. The van der Waals surface area contributed by atoms with Crippen LogP contribution in [0.2, 0.25) is 0 Å². The van der Waals surface area contributed by atoms with E-state index in [1.807, 2.05) is 0 Å². The molecule has 0 radical (unpaired) electrons. The molecule has 1 aliphatic rings. The maximum Gasteiger partial charge on any atom is 0.319 e. The summed E-state index contributed by atoms with van der Waals surface area (Å²) < 4.78 is 0. The summed E-state index contributed by atoms with van der Waals surface area (Å²) in [7, 11) is 0. The smallest absolute Gasteiger partial charge is 0.319 e. The SMILES string of the molecule is CC(C)(C)CC(C)(C)NC(=O)N/C=C/C1CC1. The van der Waals surface area contributed by atoms with Crippen LogP contribution in [0.1, 0.15) is 53.9 Å². The van der Waals surface area contributed by atoms with Gasteiger partial charge in [-0.15, -0.1) is 0 Å². The minimum Gasteiger partial charge on any atom is -0.333 e. The molecule has 0 aromatic carbocycles. The van der Waals surface area contributed by atoms with Gasteiger partial charge in [0.25, 0.3) is 0 Å². The molecule has 0 atom stereocenters. The van der Waals surface area contributed by atoms with E-state index in [4.69, 9.17) is 0 Å². The second-order valence-corrected chi connectivity index (χ2v) is 6.92. The van der Waals surface area contributed by atoms with Crippen LogP contribution in [0.15, 0.2) is 12.3 Å². The minimum atomic E-state index is -0.185. The largest absolute Gasteiger partial charge is 0.333 e. The van der Waals surface area contributed by atoms with E-state index in [1.165, 1.54) is 12.8 Å². The van der Waals surface area contributed by atoms with E-state index in [0.717, 1.165) is 6.42 Å². The highest BCUT2D eigenvalue weighted by molar-refractivity contribution is 5.75. The second-order valence-electron chi connectivity index (χ2n) is 6.92. The van der Waals surface area contributed by atoms with Gasteiger partial charge < -0.3 is 10.6 Å². The van der Waals surface area contributed by atoms with Crippen molar-refractivity contribution in [1.29, 1.82) is 0 Å². The first-order chi connectivity index (χ1) is 7.68. The quantitative estimate of drug-likeness (QED) is 0.774. The summed E-state index contributed by atoms with van der Waals surface area (Å²) in [5, 5.41) is 5.77. The number of hydrogen-bond donors (Lipinski definition) is 2. The fourth-order valence-corrected chi connectivity index (χ4v) is 2.26. The Morgan fingerprint density at radius 2 is 1.82 bits per heavy atom. The number of allylic oxidation sites excluding steroid dienone is 1. The van der Waals surface area contributed by atoms with E-state index >= 15 is 0 Å². The van der Waals surface area contributed by atoms with Gasteiger partial charge >= 0.3 is 6.03 Å². The van der Waals surface area contributed by atoms with Gasteiger partial charge in [-0.25, -0.2) is 4.79 Å². The summed E-state index contributed by atoms with van der Waals surface area (Å²) >= 11 is 0. The normalized spacial score (nSPS) is 17.2. The molecule has 1 aliphatic carbocycles. The topological polar surface area (TPSA) is 41.1 Å². The van der Waals surface area contributed by atoms with Crippen molar-refractivity contribution in [2.24, 2.45) is 11.3 Å². The number of carbonyl (C=O) groups excluding carboxylic acids is 1. The van der Waals surface area contributed by atoms with Gasteiger partial charge in [0, 0.05) is 11.7 Å². The average molecular weight is 238 g/mol. The minimum absolute atomic E-state index is 0.115. The third-order valence-electron chi connectivity index (χ3n) is 2.63. The van der Waals surface area contributed by atoms with Gasteiger partial charge in [0.1, 0.15) is 0 Å². The molecule has 0 aromatic rings. The van der Waals surface area contributed by atoms with Gasteiger partial charge in [-0.1, -0.05) is 26.8 Å². The van der Waals surface area contributed by atoms with Gasteiger partial charge in [-0.05, 0) is 44.4 Å². The van der Waals surface area contributed by atoms with Gasteiger partial charge in [-0.2, -0.15) is 0 Å². The third kappa shape index (κ3) is 7.03. The number of rotatable bonds is 4. The molecule has 0 aromatic heterocycles. The molecule has 0 aliphatic heterocycles. The zero-order valence-electron chi connectivity index (χ0n) is 11.8. The molecule has 1 rings (SSSR count). The summed E-state index contributed by atoms with van der Waals surface area (Å²) in [5.41, 5.74) is 0.0242. The van der Waals surface area contributed by atoms with Crippen molar-refractivity contribution >= 4 is 6.03 Å². The molecular weight excluding hydrogens is 212 g/mol. The lowest BCUT2D eigenvalue weighted by Gasteiger charge is -2.33. The fourth-order valence-electron chi connectivity index (χ4n) is 2.26. The lowest BCUT2D eigenvalue weighted by Crippen LogP contribution is -2.48. The Morgan fingerprint density at radius 1 is 1.24 bits per heavy atom. The zero-order chi connectivity index (χ0) is 13.1. The van der Waals surface area contributed by atoms with Crippen LogP contribution in [0.5, 0.6) is 0 Å². The van der Waals surface area contributed by atoms with E-state index in [9.17, 15) is 4.79 Å². The molecular formula is C14H26N2O. The van der Waals surface area contributed by atoms with Crippen molar-refractivity contribution < 1.29 is 4.79 Å².